The highest BCUT2D eigenvalue weighted by Crippen LogP contribution is 2.42. The number of ether oxygens (including phenoxy) is 1. The van der Waals surface area contributed by atoms with E-state index >= 15 is 0 Å². The summed E-state index contributed by atoms with van der Waals surface area (Å²) in [5.74, 6) is 0.524. The minimum atomic E-state index is -1.01. The van der Waals surface area contributed by atoms with E-state index in [9.17, 15) is 9.90 Å². The molecule has 3 rings (SSSR count). The lowest BCUT2D eigenvalue weighted by Gasteiger charge is -2.42. The molecule has 5 nitrogen and oxygen atoms in total. The Morgan fingerprint density at radius 2 is 2.09 bits per heavy atom. The highest BCUT2D eigenvalue weighted by Gasteiger charge is 2.44. The first-order chi connectivity index (χ1) is 10.8. The van der Waals surface area contributed by atoms with Gasteiger partial charge < -0.3 is 9.84 Å². The van der Waals surface area contributed by atoms with Crippen LogP contribution in [0, 0.1) is 11.3 Å². The maximum absolute atomic E-state index is 12.3. The zero-order valence-electron chi connectivity index (χ0n) is 12.7. The van der Waals surface area contributed by atoms with Crippen molar-refractivity contribution < 1.29 is 9.84 Å². The quantitative estimate of drug-likeness (QED) is 0.815. The second-order valence-electron chi connectivity index (χ2n) is 6.02. The van der Waals surface area contributed by atoms with E-state index in [0.29, 0.717) is 16.9 Å². The van der Waals surface area contributed by atoms with Crippen LogP contribution in [0.1, 0.15) is 31.0 Å². The van der Waals surface area contributed by atoms with Gasteiger partial charge in [-0.3, -0.25) is 9.36 Å². The molecule has 0 bridgehead atoms. The van der Waals surface area contributed by atoms with Gasteiger partial charge in [-0.15, -0.1) is 0 Å². The van der Waals surface area contributed by atoms with Crippen LogP contribution in [0.15, 0.2) is 41.2 Å². The molecule has 0 amide bonds. The second kappa shape index (κ2) is 5.41. The monoisotopic (exact) mass is 330 g/mol. The molecule has 0 saturated carbocycles. The van der Waals surface area contributed by atoms with Gasteiger partial charge in [0.2, 0.25) is 0 Å². The van der Waals surface area contributed by atoms with Crippen LogP contribution >= 0.6 is 11.6 Å². The summed E-state index contributed by atoms with van der Waals surface area (Å²) in [6.07, 6.45) is -1.01. The van der Waals surface area contributed by atoms with E-state index in [0.717, 1.165) is 0 Å². The molecule has 6 heteroatoms. The molecule has 1 aliphatic rings. The molecular weight excluding hydrogens is 316 g/mol. The van der Waals surface area contributed by atoms with Crippen molar-refractivity contribution in [2.75, 3.05) is 0 Å². The Hall–Kier alpha value is -2.29. The number of fused-ring (bicyclic) bond motifs is 1. The number of halogens is 1. The van der Waals surface area contributed by atoms with Crippen LogP contribution in [0.3, 0.4) is 0 Å². The number of nitriles is 1. The first-order valence-electron chi connectivity index (χ1n) is 7.13. The summed E-state index contributed by atoms with van der Waals surface area (Å²) < 4.78 is 7.17. The van der Waals surface area contributed by atoms with Gasteiger partial charge in [0.25, 0.3) is 5.56 Å². The lowest BCUT2D eigenvalue weighted by Crippen LogP contribution is -2.52. The number of aromatic nitrogens is 1. The Kier molecular flexibility index (Phi) is 3.67. The molecule has 0 radical (unpaired) electrons. The number of pyridine rings is 1. The van der Waals surface area contributed by atoms with Gasteiger partial charge in [-0.25, -0.2) is 0 Å². The van der Waals surface area contributed by atoms with Crippen molar-refractivity contribution in [2.45, 2.75) is 31.6 Å². The molecule has 1 N–H and O–H groups in total. The van der Waals surface area contributed by atoms with E-state index < -0.39 is 17.7 Å². The fourth-order valence-corrected chi connectivity index (χ4v) is 3.12. The molecule has 2 atom stereocenters. The number of aliphatic hydroxyl groups is 1. The average Bonchev–Trinajstić information content (AvgIpc) is 2.50. The average molecular weight is 331 g/mol. The minimum absolute atomic E-state index is 0.215. The molecule has 0 aliphatic carbocycles. The molecule has 2 aromatic rings. The highest BCUT2D eigenvalue weighted by atomic mass is 35.5. The Labute approximate surface area is 138 Å². The van der Waals surface area contributed by atoms with Crippen molar-refractivity contribution in [2.24, 2.45) is 0 Å². The van der Waals surface area contributed by atoms with Gasteiger partial charge in [0, 0.05) is 11.6 Å². The highest BCUT2D eigenvalue weighted by molar-refractivity contribution is 6.29. The van der Waals surface area contributed by atoms with Crippen LogP contribution in [-0.2, 0) is 0 Å². The zero-order chi connectivity index (χ0) is 16.8. The standard InChI is InChI=1S/C17H15ClN2O3/c1-17(2)16(22)15(20-13(18)4-3-5-14(20)21)11-8-10(9-19)6-7-12(11)23-17/h3-8,15-16,22H,1-2H3. The van der Waals surface area contributed by atoms with E-state index in [1.807, 2.05) is 0 Å². The third kappa shape index (κ3) is 2.50. The largest absolute Gasteiger partial charge is 0.485 e. The Bertz CT molecular complexity index is 867. The minimum Gasteiger partial charge on any atom is -0.485 e. The fourth-order valence-electron chi connectivity index (χ4n) is 2.86. The van der Waals surface area contributed by atoms with E-state index in [-0.39, 0.29) is 10.7 Å². The van der Waals surface area contributed by atoms with Gasteiger partial charge in [0.15, 0.2) is 0 Å². The van der Waals surface area contributed by atoms with Gasteiger partial charge in [0.1, 0.15) is 22.6 Å². The van der Waals surface area contributed by atoms with Crippen molar-refractivity contribution in [3.8, 4) is 11.8 Å². The molecule has 1 aromatic heterocycles. The summed E-state index contributed by atoms with van der Waals surface area (Å²) in [5.41, 5.74) is -0.257. The molecule has 2 unspecified atom stereocenters. The maximum Gasteiger partial charge on any atom is 0.252 e. The summed E-state index contributed by atoms with van der Waals surface area (Å²) in [6.45, 7) is 3.49. The predicted molar refractivity (Wildman–Crippen MR) is 85.7 cm³/mol. The smallest absolute Gasteiger partial charge is 0.252 e. The lowest BCUT2D eigenvalue weighted by atomic mass is 9.85. The van der Waals surface area contributed by atoms with Crippen molar-refractivity contribution >= 4 is 11.6 Å². The normalized spacial score (nSPS) is 21.9. The van der Waals surface area contributed by atoms with Crippen molar-refractivity contribution in [1.82, 2.24) is 4.57 Å². The van der Waals surface area contributed by atoms with E-state index in [1.165, 1.54) is 10.6 Å². The summed E-state index contributed by atoms with van der Waals surface area (Å²) in [6, 6.07) is 10.8. The summed E-state index contributed by atoms with van der Waals surface area (Å²) >= 11 is 6.21. The topological polar surface area (TPSA) is 75.2 Å². The van der Waals surface area contributed by atoms with Crippen LogP contribution in [0.4, 0.5) is 0 Å². The van der Waals surface area contributed by atoms with Crippen LogP contribution in [0.5, 0.6) is 5.75 Å². The summed E-state index contributed by atoms with van der Waals surface area (Å²) in [7, 11) is 0. The molecule has 0 fully saturated rings. The van der Waals surface area contributed by atoms with Gasteiger partial charge in [-0.05, 0) is 38.1 Å². The van der Waals surface area contributed by atoms with Crippen molar-refractivity contribution in [3.63, 3.8) is 0 Å². The Morgan fingerprint density at radius 1 is 1.35 bits per heavy atom. The van der Waals surface area contributed by atoms with Crippen LogP contribution in [0.2, 0.25) is 5.15 Å². The molecule has 0 spiro atoms. The SMILES string of the molecule is CC1(C)Oc2ccc(C#N)cc2C(n2c(Cl)cccc2=O)C1O. The van der Waals surface area contributed by atoms with Crippen LogP contribution in [0.25, 0.3) is 0 Å². The van der Waals surface area contributed by atoms with E-state index in [1.54, 1.807) is 44.2 Å². The third-order valence-corrected chi connectivity index (χ3v) is 4.37. The number of aliphatic hydroxyl groups excluding tert-OH is 1. The van der Waals surface area contributed by atoms with Gasteiger partial charge in [-0.2, -0.15) is 5.26 Å². The molecule has 1 aromatic carbocycles. The maximum atomic E-state index is 12.3. The third-order valence-electron chi connectivity index (χ3n) is 4.06. The number of rotatable bonds is 1. The number of hydrogen-bond acceptors (Lipinski definition) is 4. The molecule has 2 heterocycles. The van der Waals surface area contributed by atoms with E-state index in [4.69, 9.17) is 21.6 Å². The van der Waals surface area contributed by atoms with Gasteiger partial charge in [0.05, 0.1) is 17.7 Å². The van der Waals surface area contributed by atoms with Crippen LogP contribution < -0.4 is 10.3 Å². The summed E-state index contributed by atoms with van der Waals surface area (Å²) in [5, 5.41) is 20.1. The lowest BCUT2D eigenvalue weighted by molar-refractivity contribution is -0.0642. The zero-order valence-corrected chi connectivity index (χ0v) is 13.4. The number of hydrogen-bond donors (Lipinski definition) is 1. The van der Waals surface area contributed by atoms with Crippen LogP contribution in [-0.4, -0.2) is 21.4 Å². The molecule has 0 saturated heterocycles. The Morgan fingerprint density at radius 3 is 2.74 bits per heavy atom. The number of benzene rings is 1. The fraction of sp³-hybridized carbons (Fsp3) is 0.294. The molecule has 118 valence electrons. The molecular formula is C17H15ClN2O3. The first kappa shape index (κ1) is 15.6. The Balaban J connectivity index is 2.31. The van der Waals surface area contributed by atoms with Crippen molar-refractivity contribution in [1.29, 1.82) is 5.26 Å². The van der Waals surface area contributed by atoms with Gasteiger partial charge >= 0.3 is 0 Å². The number of nitrogens with zero attached hydrogens (tertiary/aromatic N) is 2. The first-order valence-corrected chi connectivity index (χ1v) is 7.51. The predicted octanol–water partition coefficient (Wildman–Crippen LogP) is 2.49. The van der Waals surface area contributed by atoms with Gasteiger partial charge in [-0.1, -0.05) is 17.7 Å². The summed E-state index contributed by atoms with van der Waals surface area (Å²) in [4.78, 5) is 12.3. The van der Waals surface area contributed by atoms with E-state index in [2.05, 4.69) is 6.07 Å². The second-order valence-corrected chi connectivity index (χ2v) is 6.40. The molecule has 23 heavy (non-hydrogen) atoms. The van der Waals surface area contributed by atoms with Crippen molar-refractivity contribution in [3.05, 3.63) is 63.0 Å². The molecule has 1 aliphatic heterocycles.